The lowest BCUT2D eigenvalue weighted by Crippen LogP contribution is -2.15. The number of hydrogen-bond donors (Lipinski definition) is 2. The van der Waals surface area contributed by atoms with E-state index in [2.05, 4.69) is 34.6 Å². The number of carbonyl (C=O) groups excluding carboxylic acids is 1. The van der Waals surface area contributed by atoms with Gasteiger partial charge < -0.3 is 15.8 Å². The second-order valence-corrected chi connectivity index (χ2v) is 7.03. The Bertz CT molecular complexity index is 949. The van der Waals surface area contributed by atoms with Crippen LogP contribution in [-0.4, -0.2) is 17.4 Å². The van der Waals surface area contributed by atoms with Crippen LogP contribution in [0, 0.1) is 5.92 Å². The number of primary amides is 1. The minimum absolute atomic E-state index is 0.361. The molecule has 0 saturated heterocycles. The smallest absolute Gasteiger partial charge is 0.250 e. The van der Waals surface area contributed by atoms with Crippen molar-refractivity contribution in [3.63, 3.8) is 0 Å². The van der Waals surface area contributed by atoms with Crippen LogP contribution in [0.4, 0.5) is 0 Å². The van der Waals surface area contributed by atoms with Gasteiger partial charge in [-0.15, -0.1) is 0 Å². The number of ether oxygens (including phenoxy) is 1. The second-order valence-electron chi connectivity index (χ2n) is 7.03. The Labute approximate surface area is 158 Å². The number of benzene rings is 2. The van der Waals surface area contributed by atoms with Gasteiger partial charge in [-0.05, 0) is 42.0 Å². The van der Waals surface area contributed by atoms with Crippen LogP contribution in [-0.2, 0) is 6.54 Å². The Morgan fingerprint density at radius 3 is 2.67 bits per heavy atom. The summed E-state index contributed by atoms with van der Waals surface area (Å²) in [7, 11) is 0. The van der Waals surface area contributed by atoms with E-state index in [1.54, 1.807) is 12.1 Å². The molecule has 1 amide bonds. The van der Waals surface area contributed by atoms with Crippen LogP contribution in [0.2, 0.25) is 0 Å². The van der Waals surface area contributed by atoms with Gasteiger partial charge in [0, 0.05) is 24.2 Å². The predicted molar refractivity (Wildman–Crippen MR) is 106 cm³/mol. The van der Waals surface area contributed by atoms with Crippen LogP contribution in [0.15, 0.2) is 54.7 Å². The quantitative estimate of drug-likeness (QED) is 0.594. The summed E-state index contributed by atoms with van der Waals surface area (Å²) in [6, 6.07) is 15.6. The summed E-state index contributed by atoms with van der Waals surface area (Å²) in [5.74, 6) is 1.61. The third-order valence-electron chi connectivity index (χ3n) is 4.95. The topological polar surface area (TPSA) is 77.2 Å². The largest absolute Gasteiger partial charge is 0.438 e. The zero-order valence-corrected chi connectivity index (χ0v) is 15.2. The molecule has 0 radical (unpaired) electrons. The number of carbonyl (C=O) groups is 1. The van der Waals surface area contributed by atoms with Crippen molar-refractivity contribution in [1.29, 1.82) is 0 Å². The third kappa shape index (κ3) is 4.26. The molecule has 1 aliphatic carbocycles. The normalized spacial score (nSPS) is 13.6. The minimum atomic E-state index is -0.502. The molecule has 0 aliphatic heterocycles. The van der Waals surface area contributed by atoms with Gasteiger partial charge in [0.15, 0.2) is 0 Å². The maximum Gasteiger partial charge on any atom is 0.250 e. The molecule has 1 fully saturated rings. The average Bonchev–Trinajstić information content (AvgIpc) is 3.50. The Hall–Kier alpha value is -2.92. The second kappa shape index (κ2) is 7.76. The van der Waals surface area contributed by atoms with E-state index in [4.69, 9.17) is 10.5 Å². The molecular formula is C22H23N3O2. The molecule has 4 rings (SSSR count). The molecule has 0 unspecified atom stereocenters. The number of nitrogens with zero attached hydrogens (tertiary/aromatic N) is 1. The maximum absolute atomic E-state index is 11.2. The standard InChI is InChI=1S/C22H23N3O2/c23-22(26)17-9-10-21(25-14-17)27-20-6-2-4-18-16(3-1-5-19(18)20)13-24-12-11-15-7-8-15/h1-6,9-10,14-15,24H,7-8,11-13H2,(H2,23,26). The first kappa shape index (κ1) is 17.5. The first-order chi connectivity index (χ1) is 13.2. The molecule has 1 heterocycles. The van der Waals surface area contributed by atoms with Crippen LogP contribution >= 0.6 is 0 Å². The van der Waals surface area contributed by atoms with E-state index in [0.717, 1.165) is 30.1 Å². The highest BCUT2D eigenvalue weighted by atomic mass is 16.5. The van der Waals surface area contributed by atoms with Crippen molar-refractivity contribution in [1.82, 2.24) is 10.3 Å². The number of hydrogen-bond acceptors (Lipinski definition) is 4. The molecule has 1 saturated carbocycles. The van der Waals surface area contributed by atoms with Gasteiger partial charge in [-0.2, -0.15) is 0 Å². The van der Waals surface area contributed by atoms with Crippen molar-refractivity contribution in [2.24, 2.45) is 11.7 Å². The summed E-state index contributed by atoms with van der Waals surface area (Å²) in [4.78, 5) is 15.3. The lowest BCUT2D eigenvalue weighted by atomic mass is 10.0. The van der Waals surface area contributed by atoms with Crippen molar-refractivity contribution in [3.05, 3.63) is 65.9 Å². The third-order valence-corrected chi connectivity index (χ3v) is 4.95. The van der Waals surface area contributed by atoms with E-state index < -0.39 is 5.91 Å². The molecule has 1 aromatic heterocycles. The van der Waals surface area contributed by atoms with Gasteiger partial charge in [0.1, 0.15) is 5.75 Å². The van der Waals surface area contributed by atoms with E-state index in [-0.39, 0.29) is 0 Å². The highest BCUT2D eigenvalue weighted by molar-refractivity contribution is 5.92. The fraction of sp³-hybridized carbons (Fsp3) is 0.273. The van der Waals surface area contributed by atoms with Gasteiger partial charge in [-0.25, -0.2) is 4.98 Å². The van der Waals surface area contributed by atoms with Crippen molar-refractivity contribution >= 4 is 16.7 Å². The number of rotatable bonds is 8. The van der Waals surface area contributed by atoms with Crippen molar-refractivity contribution in [2.75, 3.05) is 6.54 Å². The summed E-state index contributed by atoms with van der Waals surface area (Å²) >= 11 is 0. The molecule has 138 valence electrons. The van der Waals surface area contributed by atoms with Crippen molar-refractivity contribution in [2.45, 2.75) is 25.8 Å². The Balaban J connectivity index is 1.52. The first-order valence-electron chi connectivity index (χ1n) is 9.36. The van der Waals surface area contributed by atoms with Gasteiger partial charge >= 0.3 is 0 Å². The van der Waals surface area contributed by atoms with Gasteiger partial charge in [0.05, 0.1) is 5.56 Å². The molecule has 1 aliphatic rings. The molecule has 5 nitrogen and oxygen atoms in total. The number of aromatic nitrogens is 1. The SMILES string of the molecule is NC(=O)c1ccc(Oc2cccc3c(CNCCC4CC4)cccc23)nc1. The summed E-state index contributed by atoms with van der Waals surface area (Å²) in [6.07, 6.45) is 5.49. The molecule has 27 heavy (non-hydrogen) atoms. The molecule has 3 aromatic rings. The first-order valence-corrected chi connectivity index (χ1v) is 9.36. The molecule has 5 heteroatoms. The highest BCUT2D eigenvalue weighted by Crippen LogP contribution is 2.32. The molecule has 0 spiro atoms. The van der Waals surface area contributed by atoms with E-state index in [1.807, 2.05) is 12.1 Å². The summed E-state index contributed by atoms with van der Waals surface area (Å²) in [5, 5.41) is 5.76. The van der Waals surface area contributed by atoms with E-state index >= 15 is 0 Å². The monoisotopic (exact) mass is 361 g/mol. The van der Waals surface area contributed by atoms with Gasteiger partial charge in [0.2, 0.25) is 11.8 Å². The average molecular weight is 361 g/mol. The minimum Gasteiger partial charge on any atom is -0.438 e. The van der Waals surface area contributed by atoms with Gasteiger partial charge in [-0.1, -0.05) is 43.2 Å². The van der Waals surface area contributed by atoms with E-state index in [1.165, 1.54) is 36.4 Å². The van der Waals surface area contributed by atoms with Crippen LogP contribution in [0.1, 0.15) is 35.2 Å². The zero-order chi connectivity index (χ0) is 18.6. The Kier molecular flexibility index (Phi) is 5.03. The van der Waals surface area contributed by atoms with Crippen LogP contribution in [0.5, 0.6) is 11.6 Å². The lowest BCUT2D eigenvalue weighted by molar-refractivity contribution is 0.1000. The lowest BCUT2D eigenvalue weighted by Gasteiger charge is -2.12. The molecule has 3 N–H and O–H groups in total. The number of nitrogens with two attached hydrogens (primary N) is 1. The zero-order valence-electron chi connectivity index (χ0n) is 15.2. The van der Waals surface area contributed by atoms with E-state index in [9.17, 15) is 4.79 Å². The van der Waals surface area contributed by atoms with Crippen molar-refractivity contribution in [3.8, 4) is 11.6 Å². The number of pyridine rings is 1. The van der Waals surface area contributed by atoms with Crippen molar-refractivity contribution < 1.29 is 9.53 Å². The van der Waals surface area contributed by atoms with Gasteiger partial charge in [-0.3, -0.25) is 4.79 Å². The Morgan fingerprint density at radius 2 is 1.93 bits per heavy atom. The highest BCUT2D eigenvalue weighted by Gasteiger charge is 2.20. The summed E-state index contributed by atoms with van der Waals surface area (Å²) in [6.45, 7) is 1.91. The fourth-order valence-electron chi connectivity index (χ4n) is 3.22. The van der Waals surface area contributed by atoms with Crippen LogP contribution in [0.25, 0.3) is 10.8 Å². The maximum atomic E-state index is 11.2. The van der Waals surface area contributed by atoms with Crippen LogP contribution < -0.4 is 15.8 Å². The van der Waals surface area contributed by atoms with E-state index in [0.29, 0.717) is 11.4 Å². The predicted octanol–water partition coefficient (Wildman–Crippen LogP) is 4.02. The fourth-order valence-corrected chi connectivity index (χ4v) is 3.22. The number of fused-ring (bicyclic) bond motifs is 1. The van der Waals surface area contributed by atoms with Crippen LogP contribution in [0.3, 0.4) is 0 Å². The Morgan fingerprint density at radius 1 is 1.11 bits per heavy atom. The summed E-state index contributed by atoms with van der Waals surface area (Å²) in [5.41, 5.74) is 6.87. The van der Waals surface area contributed by atoms with Gasteiger partial charge in [0.25, 0.3) is 0 Å². The molecular weight excluding hydrogens is 338 g/mol. The number of amides is 1. The molecule has 2 aromatic carbocycles. The number of nitrogens with one attached hydrogen (secondary N) is 1. The summed E-state index contributed by atoms with van der Waals surface area (Å²) < 4.78 is 5.96. The molecule has 0 bridgehead atoms. The molecule has 0 atom stereocenters.